The minimum Gasteiger partial charge on any atom is -0.493 e. The molecule has 3 aromatic carbocycles. The number of hydrogen-bond acceptors (Lipinski definition) is 6. The first kappa shape index (κ1) is 33.4. The molecule has 4 rings (SSSR count). The Balaban J connectivity index is 1.73. The second kappa shape index (κ2) is 14.5. The molecular weight excluding hydrogens is 632 g/mol. The largest absolute Gasteiger partial charge is 0.493 e. The predicted molar refractivity (Wildman–Crippen MR) is 167 cm³/mol. The summed E-state index contributed by atoms with van der Waals surface area (Å²) in [6.07, 6.45) is 3.70. The number of nitrogens with zero attached hydrogens (tertiary/aromatic N) is 2. The molecule has 1 N–H and O–H groups in total. The van der Waals surface area contributed by atoms with Crippen LogP contribution < -0.4 is 19.1 Å². The van der Waals surface area contributed by atoms with E-state index in [1.165, 1.54) is 55.5 Å². The summed E-state index contributed by atoms with van der Waals surface area (Å²) < 4.78 is 53.4. The van der Waals surface area contributed by atoms with Crippen LogP contribution in [0, 0.1) is 5.82 Å². The van der Waals surface area contributed by atoms with Gasteiger partial charge in [0.25, 0.3) is 10.0 Å². The highest BCUT2D eigenvalue weighted by molar-refractivity contribution is 7.92. The molecule has 0 bridgehead atoms. The van der Waals surface area contributed by atoms with Gasteiger partial charge in [0, 0.05) is 28.7 Å². The molecule has 0 heterocycles. The lowest BCUT2D eigenvalue weighted by atomic mass is 10.1. The van der Waals surface area contributed by atoms with Crippen LogP contribution in [0.25, 0.3) is 0 Å². The molecule has 0 spiro atoms. The molecule has 1 fully saturated rings. The minimum absolute atomic E-state index is 0.00201. The number of hydrogen-bond donors (Lipinski definition) is 1. The van der Waals surface area contributed by atoms with Gasteiger partial charge in [-0.1, -0.05) is 42.1 Å². The normalized spacial score (nSPS) is 14.1. The Morgan fingerprint density at radius 3 is 2.25 bits per heavy atom. The molecule has 1 saturated carbocycles. The molecule has 1 atom stereocenters. The van der Waals surface area contributed by atoms with Crippen LogP contribution in [0.1, 0.15) is 38.2 Å². The van der Waals surface area contributed by atoms with Crippen LogP contribution in [0.4, 0.5) is 10.1 Å². The van der Waals surface area contributed by atoms with Gasteiger partial charge in [-0.3, -0.25) is 13.9 Å². The van der Waals surface area contributed by atoms with E-state index < -0.39 is 34.3 Å². The Labute approximate surface area is 266 Å². The van der Waals surface area contributed by atoms with Gasteiger partial charge < -0.3 is 19.7 Å². The van der Waals surface area contributed by atoms with Crippen molar-refractivity contribution in [3.05, 3.63) is 82.1 Å². The summed E-state index contributed by atoms with van der Waals surface area (Å²) in [5, 5.41) is 3.69. The number of methoxy groups -OCH3 is 2. The number of carbonyl (C=O) groups excluding carboxylic acids is 2. The third-order valence-corrected chi connectivity index (χ3v) is 9.92. The third-order valence-electron chi connectivity index (χ3n) is 7.56. The first-order valence-corrected chi connectivity index (χ1v) is 16.2. The number of benzene rings is 3. The summed E-state index contributed by atoms with van der Waals surface area (Å²) in [6.45, 7) is 0.785. The Kier molecular flexibility index (Phi) is 11.0. The summed E-state index contributed by atoms with van der Waals surface area (Å²) in [5.41, 5.74) is 0.558. The quantitative estimate of drug-likeness (QED) is 0.261. The summed E-state index contributed by atoms with van der Waals surface area (Å²) in [6, 6.07) is 12.5. The molecule has 1 aliphatic rings. The molecule has 13 heteroatoms. The highest BCUT2D eigenvalue weighted by atomic mass is 35.5. The average Bonchev–Trinajstić information content (AvgIpc) is 3.52. The average molecular weight is 667 g/mol. The molecule has 3 aromatic rings. The fourth-order valence-corrected chi connectivity index (χ4v) is 6.95. The van der Waals surface area contributed by atoms with E-state index >= 15 is 0 Å². The number of halogens is 3. The van der Waals surface area contributed by atoms with Crippen LogP contribution in [0.15, 0.2) is 65.6 Å². The molecule has 236 valence electrons. The molecular formula is C31H34Cl2FN3O6S. The summed E-state index contributed by atoms with van der Waals surface area (Å²) in [7, 11) is -1.63. The van der Waals surface area contributed by atoms with Crippen molar-refractivity contribution in [2.24, 2.45) is 0 Å². The van der Waals surface area contributed by atoms with Crippen molar-refractivity contribution in [3.63, 3.8) is 0 Å². The number of carbonyl (C=O) groups is 2. The number of ether oxygens (including phenoxy) is 2. The first-order chi connectivity index (χ1) is 20.9. The van der Waals surface area contributed by atoms with E-state index in [2.05, 4.69) is 5.32 Å². The minimum atomic E-state index is -4.42. The van der Waals surface area contributed by atoms with Gasteiger partial charge >= 0.3 is 0 Å². The van der Waals surface area contributed by atoms with Crippen LogP contribution in [-0.2, 0) is 26.2 Å². The van der Waals surface area contributed by atoms with Crippen LogP contribution in [-0.4, -0.2) is 58.0 Å². The van der Waals surface area contributed by atoms with Gasteiger partial charge in [0.15, 0.2) is 11.5 Å². The van der Waals surface area contributed by atoms with Crippen LogP contribution in [0.5, 0.6) is 11.5 Å². The highest BCUT2D eigenvalue weighted by Gasteiger charge is 2.34. The first-order valence-electron chi connectivity index (χ1n) is 14.0. The molecule has 2 amide bonds. The van der Waals surface area contributed by atoms with Crippen molar-refractivity contribution in [1.29, 1.82) is 0 Å². The maximum Gasteiger partial charge on any atom is 0.264 e. The number of sulfonamides is 1. The van der Waals surface area contributed by atoms with E-state index in [0.717, 1.165) is 42.1 Å². The summed E-state index contributed by atoms with van der Waals surface area (Å²) in [5.74, 6) is -1.16. The smallest absolute Gasteiger partial charge is 0.264 e. The molecule has 0 saturated heterocycles. The van der Waals surface area contributed by atoms with Gasteiger partial charge in [0.2, 0.25) is 11.8 Å². The zero-order chi connectivity index (χ0) is 32.0. The maximum atomic E-state index is 14.1. The molecule has 0 aromatic heterocycles. The summed E-state index contributed by atoms with van der Waals surface area (Å²) >= 11 is 12.5. The third kappa shape index (κ3) is 7.75. The molecule has 0 aliphatic heterocycles. The fourth-order valence-electron chi connectivity index (χ4n) is 5.05. The maximum absolute atomic E-state index is 14.1. The van der Waals surface area contributed by atoms with Crippen molar-refractivity contribution in [2.75, 3.05) is 25.1 Å². The van der Waals surface area contributed by atoms with Crippen LogP contribution in [0.2, 0.25) is 10.0 Å². The van der Waals surface area contributed by atoms with Gasteiger partial charge in [-0.25, -0.2) is 12.8 Å². The zero-order valence-electron chi connectivity index (χ0n) is 24.6. The SMILES string of the molecule is COc1ccc(S(=O)(=O)N(CC(=O)N(Cc2ccc(Cl)cc2Cl)[C@H](C)C(=O)NC2CCCC2)c2ccc(F)cc2)cc1OC. The fraction of sp³-hybridized carbons (Fsp3) is 0.355. The van der Waals surface area contributed by atoms with Gasteiger partial charge in [0.05, 0.1) is 24.8 Å². The van der Waals surface area contributed by atoms with Crippen LogP contribution in [0.3, 0.4) is 0 Å². The number of anilines is 1. The van der Waals surface area contributed by atoms with Crippen molar-refractivity contribution in [2.45, 2.75) is 56.1 Å². The van der Waals surface area contributed by atoms with Crippen molar-refractivity contribution in [3.8, 4) is 11.5 Å². The monoisotopic (exact) mass is 665 g/mol. The lowest BCUT2D eigenvalue weighted by Gasteiger charge is -2.32. The van der Waals surface area contributed by atoms with Crippen molar-refractivity contribution in [1.82, 2.24) is 10.2 Å². The molecule has 44 heavy (non-hydrogen) atoms. The standard InChI is InChI=1S/C31H34Cl2FN3O6S/c1-20(31(39)35-24-6-4-5-7-24)36(18-21-8-9-22(32)16-27(21)33)30(38)19-37(25-12-10-23(34)11-13-25)44(40,41)26-14-15-28(42-2)29(17-26)43-3/h8-17,20,24H,4-7,18-19H2,1-3H3,(H,35,39)/t20-/m1/s1. The number of nitrogens with one attached hydrogen (secondary N) is 1. The molecule has 1 aliphatic carbocycles. The van der Waals surface area contributed by atoms with Gasteiger partial charge in [0.1, 0.15) is 18.4 Å². The van der Waals surface area contributed by atoms with E-state index in [-0.39, 0.29) is 39.8 Å². The van der Waals surface area contributed by atoms with Crippen molar-refractivity contribution >= 4 is 50.7 Å². The second-order valence-electron chi connectivity index (χ2n) is 10.4. The van der Waals surface area contributed by atoms with E-state index in [9.17, 15) is 22.4 Å². The zero-order valence-corrected chi connectivity index (χ0v) is 26.9. The Morgan fingerprint density at radius 2 is 1.64 bits per heavy atom. The number of rotatable bonds is 12. The molecule has 0 unspecified atom stereocenters. The van der Waals surface area contributed by atoms with E-state index in [0.29, 0.717) is 16.3 Å². The van der Waals surface area contributed by atoms with Gasteiger partial charge in [-0.05, 0) is 73.9 Å². The predicted octanol–water partition coefficient (Wildman–Crippen LogP) is 5.82. The van der Waals surface area contributed by atoms with E-state index in [1.807, 2.05) is 0 Å². The van der Waals surface area contributed by atoms with Crippen molar-refractivity contribution < 1.29 is 31.9 Å². The topological polar surface area (TPSA) is 105 Å². The second-order valence-corrected chi connectivity index (χ2v) is 13.1. The number of amides is 2. The van der Waals surface area contributed by atoms with Gasteiger partial charge in [-0.2, -0.15) is 0 Å². The van der Waals surface area contributed by atoms with Crippen LogP contribution >= 0.6 is 23.2 Å². The van der Waals surface area contributed by atoms with E-state index in [1.54, 1.807) is 19.1 Å². The lowest BCUT2D eigenvalue weighted by Crippen LogP contribution is -2.52. The Hall–Kier alpha value is -3.54. The lowest BCUT2D eigenvalue weighted by molar-refractivity contribution is -0.139. The highest BCUT2D eigenvalue weighted by Crippen LogP contribution is 2.33. The summed E-state index contributed by atoms with van der Waals surface area (Å²) in [4.78, 5) is 28.6. The molecule has 9 nitrogen and oxygen atoms in total. The Bertz CT molecular complexity index is 1600. The molecule has 0 radical (unpaired) electrons. The van der Waals surface area contributed by atoms with E-state index in [4.69, 9.17) is 32.7 Å². The van der Waals surface area contributed by atoms with Gasteiger partial charge in [-0.15, -0.1) is 0 Å². The Morgan fingerprint density at radius 1 is 0.977 bits per heavy atom.